The minimum Gasteiger partial charge on any atom is -0.497 e. The summed E-state index contributed by atoms with van der Waals surface area (Å²) in [5, 5.41) is 2.98. The van der Waals surface area contributed by atoms with Crippen molar-refractivity contribution >= 4 is 16.9 Å². The van der Waals surface area contributed by atoms with Crippen LogP contribution in [0.4, 0.5) is 0 Å². The minimum absolute atomic E-state index is 0.155. The third kappa shape index (κ3) is 5.89. The summed E-state index contributed by atoms with van der Waals surface area (Å²) in [5.74, 6) is 3.51. The number of para-hydroxylation sites is 2. The maximum atomic E-state index is 12.6. The number of aromatic nitrogens is 2. The Bertz CT molecular complexity index is 1300. The molecule has 4 aromatic rings. The molecule has 8 heteroatoms. The molecule has 36 heavy (non-hydrogen) atoms. The lowest BCUT2D eigenvalue weighted by Gasteiger charge is -2.12. The van der Waals surface area contributed by atoms with Gasteiger partial charge in [-0.05, 0) is 61.0 Å². The van der Waals surface area contributed by atoms with E-state index in [1.165, 1.54) is 0 Å². The number of rotatable bonds is 12. The standard InChI is InChI=1S/C28H31N3O5/c1-33-21-11-13-22(14-12-21)36-18-17-31-24-8-5-4-7-23(24)30-27(31)9-6-16-29-28(32)20-10-15-25(34-2)26(19-20)35-3/h4-5,7-8,10-15,19H,6,9,16-18H2,1-3H3,(H,29,32). The molecule has 0 fully saturated rings. The van der Waals surface area contributed by atoms with Crippen molar-refractivity contribution in [1.29, 1.82) is 0 Å². The number of fused-ring (bicyclic) bond motifs is 1. The van der Waals surface area contributed by atoms with Crippen LogP contribution in [-0.4, -0.2) is 49.9 Å². The van der Waals surface area contributed by atoms with Gasteiger partial charge < -0.3 is 28.8 Å². The number of methoxy groups -OCH3 is 3. The zero-order chi connectivity index (χ0) is 25.3. The van der Waals surface area contributed by atoms with Crippen molar-refractivity contribution in [3.8, 4) is 23.0 Å². The molecule has 188 valence electrons. The maximum Gasteiger partial charge on any atom is 0.251 e. The largest absolute Gasteiger partial charge is 0.497 e. The van der Waals surface area contributed by atoms with Gasteiger partial charge in [0.25, 0.3) is 5.91 Å². The highest BCUT2D eigenvalue weighted by atomic mass is 16.5. The summed E-state index contributed by atoms with van der Waals surface area (Å²) in [5.41, 5.74) is 2.54. The van der Waals surface area contributed by atoms with Crippen LogP contribution >= 0.6 is 0 Å². The van der Waals surface area contributed by atoms with Crippen LogP contribution in [0.15, 0.2) is 66.7 Å². The molecule has 0 saturated heterocycles. The summed E-state index contributed by atoms with van der Waals surface area (Å²) in [7, 11) is 4.76. The highest BCUT2D eigenvalue weighted by Gasteiger charge is 2.13. The second kappa shape index (κ2) is 12.0. The predicted octanol–water partition coefficient (Wildman–Crippen LogP) is 4.50. The van der Waals surface area contributed by atoms with Crippen molar-refractivity contribution < 1.29 is 23.7 Å². The quantitative estimate of drug-likeness (QED) is 0.295. The number of hydrogen-bond donors (Lipinski definition) is 1. The molecule has 0 radical (unpaired) electrons. The van der Waals surface area contributed by atoms with Crippen LogP contribution in [0.25, 0.3) is 11.0 Å². The van der Waals surface area contributed by atoms with E-state index in [0.29, 0.717) is 36.8 Å². The minimum atomic E-state index is -0.155. The fourth-order valence-corrected chi connectivity index (χ4v) is 4.02. The van der Waals surface area contributed by atoms with Gasteiger partial charge in [-0.2, -0.15) is 0 Å². The smallest absolute Gasteiger partial charge is 0.251 e. The van der Waals surface area contributed by atoms with E-state index < -0.39 is 0 Å². The summed E-state index contributed by atoms with van der Waals surface area (Å²) >= 11 is 0. The molecule has 0 atom stereocenters. The van der Waals surface area contributed by atoms with Gasteiger partial charge in [0.2, 0.25) is 0 Å². The van der Waals surface area contributed by atoms with E-state index in [1.807, 2.05) is 42.5 Å². The molecule has 0 aliphatic rings. The second-order valence-corrected chi connectivity index (χ2v) is 8.12. The van der Waals surface area contributed by atoms with Crippen LogP contribution in [0.2, 0.25) is 0 Å². The van der Waals surface area contributed by atoms with Gasteiger partial charge >= 0.3 is 0 Å². The summed E-state index contributed by atoms with van der Waals surface area (Å²) < 4.78 is 23.9. The number of benzene rings is 3. The fraction of sp³-hybridized carbons (Fsp3) is 0.286. The topological polar surface area (TPSA) is 83.8 Å². The third-order valence-corrected chi connectivity index (χ3v) is 5.89. The molecule has 0 aliphatic carbocycles. The molecule has 3 aromatic carbocycles. The van der Waals surface area contributed by atoms with Crippen molar-refractivity contribution in [2.45, 2.75) is 19.4 Å². The number of nitrogens with one attached hydrogen (secondary N) is 1. The van der Waals surface area contributed by atoms with E-state index in [9.17, 15) is 4.79 Å². The summed E-state index contributed by atoms with van der Waals surface area (Å²) in [6.07, 6.45) is 1.48. The fourth-order valence-electron chi connectivity index (χ4n) is 4.02. The lowest BCUT2D eigenvalue weighted by atomic mass is 10.2. The van der Waals surface area contributed by atoms with E-state index in [2.05, 4.69) is 16.0 Å². The Hall–Kier alpha value is -4.20. The summed E-state index contributed by atoms with van der Waals surface area (Å²) in [6, 6.07) is 20.8. The first kappa shape index (κ1) is 24.9. The van der Waals surface area contributed by atoms with E-state index in [4.69, 9.17) is 23.9 Å². The molecule has 0 saturated carbocycles. The van der Waals surface area contributed by atoms with Gasteiger partial charge in [0.15, 0.2) is 11.5 Å². The van der Waals surface area contributed by atoms with Crippen LogP contribution in [-0.2, 0) is 13.0 Å². The number of aryl methyl sites for hydroxylation is 1. The van der Waals surface area contributed by atoms with Gasteiger partial charge in [0.1, 0.15) is 23.9 Å². The number of ether oxygens (including phenoxy) is 4. The molecule has 1 N–H and O–H groups in total. The van der Waals surface area contributed by atoms with Crippen LogP contribution in [0, 0.1) is 0 Å². The molecule has 0 spiro atoms. The van der Waals surface area contributed by atoms with Crippen molar-refractivity contribution in [3.05, 3.63) is 78.1 Å². The van der Waals surface area contributed by atoms with Crippen LogP contribution < -0.4 is 24.3 Å². The highest BCUT2D eigenvalue weighted by Crippen LogP contribution is 2.27. The van der Waals surface area contributed by atoms with Gasteiger partial charge in [0, 0.05) is 18.5 Å². The van der Waals surface area contributed by atoms with Gasteiger partial charge in [0.05, 0.1) is 38.9 Å². The number of carbonyl (C=O) groups excluding carboxylic acids is 1. The average Bonchev–Trinajstić information content (AvgIpc) is 3.28. The van der Waals surface area contributed by atoms with Gasteiger partial charge in [-0.25, -0.2) is 4.98 Å². The van der Waals surface area contributed by atoms with Crippen molar-refractivity contribution in [2.24, 2.45) is 0 Å². The maximum absolute atomic E-state index is 12.6. The molecular formula is C28H31N3O5. The Morgan fingerprint density at radius 3 is 2.39 bits per heavy atom. The zero-order valence-corrected chi connectivity index (χ0v) is 20.8. The Kier molecular flexibility index (Phi) is 8.28. The number of amides is 1. The van der Waals surface area contributed by atoms with Crippen molar-refractivity contribution in [1.82, 2.24) is 14.9 Å². The second-order valence-electron chi connectivity index (χ2n) is 8.12. The first-order valence-electron chi connectivity index (χ1n) is 11.8. The third-order valence-electron chi connectivity index (χ3n) is 5.89. The molecule has 1 heterocycles. The first-order valence-corrected chi connectivity index (χ1v) is 11.8. The number of nitrogens with zero attached hydrogens (tertiary/aromatic N) is 2. The number of hydrogen-bond acceptors (Lipinski definition) is 6. The van der Waals surface area contributed by atoms with E-state index in [0.717, 1.165) is 41.2 Å². The molecule has 4 rings (SSSR count). The monoisotopic (exact) mass is 489 g/mol. The first-order chi connectivity index (χ1) is 17.6. The number of carbonyl (C=O) groups is 1. The van der Waals surface area contributed by atoms with Crippen LogP contribution in [0.3, 0.4) is 0 Å². The Balaban J connectivity index is 1.35. The van der Waals surface area contributed by atoms with Gasteiger partial charge in [-0.15, -0.1) is 0 Å². The molecule has 8 nitrogen and oxygen atoms in total. The Morgan fingerprint density at radius 2 is 1.64 bits per heavy atom. The Labute approximate surface area is 210 Å². The van der Waals surface area contributed by atoms with Crippen molar-refractivity contribution in [2.75, 3.05) is 34.5 Å². The van der Waals surface area contributed by atoms with E-state index in [1.54, 1.807) is 39.5 Å². The number of imidazole rings is 1. The summed E-state index contributed by atoms with van der Waals surface area (Å²) in [4.78, 5) is 17.4. The SMILES string of the molecule is COc1ccc(OCCn2c(CCCNC(=O)c3ccc(OC)c(OC)c3)nc3ccccc32)cc1. The summed E-state index contributed by atoms with van der Waals surface area (Å²) in [6.45, 7) is 1.70. The lowest BCUT2D eigenvalue weighted by Crippen LogP contribution is -2.25. The molecule has 1 amide bonds. The normalized spacial score (nSPS) is 10.8. The predicted molar refractivity (Wildman–Crippen MR) is 138 cm³/mol. The lowest BCUT2D eigenvalue weighted by molar-refractivity contribution is 0.0952. The van der Waals surface area contributed by atoms with Crippen molar-refractivity contribution in [3.63, 3.8) is 0 Å². The van der Waals surface area contributed by atoms with Crippen LogP contribution in [0.1, 0.15) is 22.6 Å². The molecule has 0 bridgehead atoms. The van der Waals surface area contributed by atoms with E-state index >= 15 is 0 Å². The average molecular weight is 490 g/mol. The van der Waals surface area contributed by atoms with Crippen LogP contribution in [0.5, 0.6) is 23.0 Å². The Morgan fingerprint density at radius 1 is 0.889 bits per heavy atom. The zero-order valence-electron chi connectivity index (χ0n) is 20.8. The molecule has 0 unspecified atom stereocenters. The van der Waals surface area contributed by atoms with Gasteiger partial charge in [-0.1, -0.05) is 12.1 Å². The van der Waals surface area contributed by atoms with E-state index in [-0.39, 0.29) is 5.91 Å². The highest BCUT2D eigenvalue weighted by molar-refractivity contribution is 5.94. The molecular weight excluding hydrogens is 458 g/mol. The van der Waals surface area contributed by atoms with Gasteiger partial charge in [-0.3, -0.25) is 4.79 Å². The molecule has 0 aliphatic heterocycles. The molecule has 1 aromatic heterocycles.